The molecule has 1 saturated heterocycles. The van der Waals surface area contributed by atoms with Crippen molar-refractivity contribution >= 4 is 5.96 Å². The van der Waals surface area contributed by atoms with E-state index in [4.69, 9.17) is 9.73 Å². The number of rotatable bonds is 9. The van der Waals surface area contributed by atoms with E-state index in [0.29, 0.717) is 13.1 Å². The Bertz CT molecular complexity index is 996. The number of morpholine rings is 1. The molecule has 8 heteroatoms. The molecule has 0 radical (unpaired) electrons. The highest BCUT2D eigenvalue weighted by Crippen LogP contribution is 2.25. The average Bonchev–Trinajstić information content (AvgIpc) is 3.37. The summed E-state index contributed by atoms with van der Waals surface area (Å²) in [7, 11) is 0. The summed E-state index contributed by atoms with van der Waals surface area (Å²) in [6.07, 6.45) is 3.29. The molecule has 3 aromatic rings. The standard InChI is InChI=1S/C25H33N7O/c1-2-27-25(28-11-12-31-13-15-33-16-14-31)29-17-23-5-3-4-6-24(23)22-9-7-21(8-10-22)18-32-20-26-19-30-32/h3-10,19-20H,2,11-18H2,1H3,(H2,27,28,29). The molecular weight excluding hydrogens is 414 g/mol. The van der Waals surface area contributed by atoms with Gasteiger partial charge in [0.25, 0.3) is 0 Å². The fourth-order valence-corrected chi connectivity index (χ4v) is 3.89. The number of hydrogen-bond donors (Lipinski definition) is 2. The number of benzene rings is 2. The zero-order valence-electron chi connectivity index (χ0n) is 19.3. The molecule has 174 valence electrons. The zero-order chi connectivity index (χ0) is 22.7. The van der Waals surface area contributed by atoms with Crippen LogP contribution in [0.2, 0.25) is 0 Å². The lowest BCUT2D eigenvalue weighted by atomic mass is 9.98. The molecule has 2 heterocycles. The van der Waals surface area contributed by atoms with Crippen molar-refractivity contribution in [2.24, 2.45) is 4.99 Å². The lowest BCUT2D eigenvalue weighted by Gasteiger charge is -2.26. The lowest BCUT2D eigenvalue weighted by molar-refractivity contribution is 0.0389. The number of aromatic nitrogens is 3. The van der Waals surface area contributed by atoms with Crippen molar-refractivity contribution in [2.45, 2.75) is 20.0 Å². The first-order valence-corrected chi connectivity index (χ1v) is 11.6. The summed E-state index contributed by atoms with van der Waals surface area (Å²) >= 11 is 0. The van der Waals surface area contributed by atoms with Gasteiger partial charge in [0.15, 0.2) is 5.96 Å². The summed E-state index contributed by atoms with van der Waals surface area (Å²) < 4.78 is 7.25. The van der Waals surface area contributed by atoms with Crippen LogP contribution in [-0.4, -0.2) is 71.6 Å². The number of ether oxygens (including phenoxy) is 1. The Labute approximate surface area is 195 Å². The minimum atomic E-state index is 0.615. The van der Waals surface area contributed by atoms with Crippen LogP contribution in [-0.2, 0) is 17.8 Å². The summed E-state index contributed by atoms with van der Waals surface area (Å²) in [6.45, 7) is 9.76. The maximum Gasteiger partial charge on any atom is 0.191 e. The number of nitrogens with zero attached hydrogens (tertiary/aromatic N) is 5. The molecule has 4 rings (SSSR count). The van der Waals surface area contributed by atoms with E-state index >= 15 is 0 Å². The van der Waals surface area contributed by atoms with Gasteiger partial charge in [-0.2, -0.15) is 5.10 Å². The average molecular weight is 448 g/mol. The lowest BCUT2D eigenvalue weighted by Crippen LogP contribution is -2.44. The Morgan fingerprint density at radius 2 is 1.88 bits per heavy atom. The SMILES string of the molecule is CCNC(=NCc1ccccc1-c1ccc(Cn2cncn2)cc1)NCCN1CCOCC1. The smallest absolute Gasteiger partial charge is 0.191 e. The molecule has 0 saturated carbocycles. The molecule has 1 aliphatic rings. The van der Waals surface area contributed by atoms with Crippen LogP contribution in [0.4, 0.5) is 0 Å². The van der Waals surface area contributed by atoms with E-state index in [1.807, 2.05) is 4.68 Å². The molecule has 0 bridgehead atoms. The van der Waals surface area contributed by atoms with Crippen molar-refractivity contribution in [1.82, 2.24) is 30.3 Å². The van der Waals surface area contributed by atoms with E-state index in [1.165, 1.54) is 22.3 Å². The van der Waals surface area contributed by atoms with Crippen molar-refractivity contribution in [3.05, 3.63) is 72.3 Å². The summed E-state index contributed by atoms with van der Waals surface area (Å²) in [6, 6.07) is 17.1. The maximum absolute atomic E-state index is 5.43. The van der Waals surface area contributed by atoms with E-state index < -0.39 is 0 Å². The van der Waals surface area contributed by atoms with Gasteiger partial charge in [0.2, 0.25) is 0 Å². The van der Waals surface area contributed by atoms with E-state index in [0.717, 1.165) is 51.9 Å². The number of guanidine groups is 1. The highest BCUT2D eigenvalue weighted by molar-refractivity contribution is 5.80. The Morgan fingerprint density at radius 3 is 2.64 bits per heavy atom. The first-order chi connectivity index (χ1) is 16.3. The fraction of sp³-hybridized carbons (Fsp3) is 0.400. The molecule has 1 aromatic heterocycles. The predicted octanol–water partition coefficient (Wildman–Crippen LogP) is 2.38. The van der Waals surface area contributed by atoms with Crippen LogP contribution < -0.4 is 10.6 Å². The third-order valence-corrected chi connectivity index (χ3v) is 5.67. The van der Waals surface area contributed by atoms with Gasteiger partial charge < -0.3 is 15.4 Å². The van der Waals surface area contributed by atoms with Gasteiger partial charge >= 0.3 is 0 Å². The molecule has 0 aliphatic carbocycles. The maximum atomic E-state index is 5.43. The molecule has 2 N–H and O–H groups in total. The molecule has 1 aliphatic heterocycles. The van der Waals surface area contributed by atoms with Crippen LogP contribution in [0.5, 0.6) is 0 Å². The van der Waals surface area contributed by atoms with Crippen LogP contribution in [0.3, 0.4) is 0 Å². The summed E-state index contributed by atoms with van der Waals surface area (Å²) in [5, 5.41) is 11.0. The van der Waals surface area contributed by atoms with Gasteiger partial charge in [-0.1, -0.05) is 48.5 Å². The first kappa shape index (κ1) is 22.9. The monoisotopic (exact) mass is 447 g/mol. The van der Waals surface area contributed by atoms with E-state index in [9.17, 15) is 0 Å². The number of nitrogens with one attached hydrogen (secondary N) is 2. The van der Waals surface area contributed by atoms with E-state index in [-0.39, 0.29) is 0 Å². The minimum absolute atomic E-state index is 0.615. The van der Waals surface area contributed by atoms with Crippen LogP contribution >= 0.6 is 0 Å². The Hall–Kier alpha value is -3.23. The molecule has 0 atom stereocenters. The topological polar surface area (TPSA) is 79.6 Å². The van der Waals surface area contributed by atoms with Crippen molar-refractivity contribution < 1.29 is 4.74 Å². The second-order valence-electron chi connectivity index (χ2n) is 8.02. The normalized spacial score (nSPS) is 14.9. The van der Waals surface area contributed by atoms with Gasteiger partial charge in [-0.05, 0) is 29.2 Å². The fourth-order valence-electron chi connectivity index (χ4n) is 3.89. The molecule has 0 spiro atoms. The number of hydrogen-bond acceptors (Lipinski definition) is 5. The van der Waals surface area contributed by atoms with Gasteiger partial charge in [-0.15, -0.1) is 0 Å². The molecular formula is C25H33N7O. The summed E-state index contributed by atoms with van der Waals surface area (Å²) in [5.74, 6) is 0.851. The quantitative estimate of drug-likeness (QED) is 0.387. The van der Waals surface area contributed by atoms with E-state index in [1.54, 1.807) is 12.7 Å². The highest BCUT2D eigenvalue weighted by atomic mass is 16.5. The Kier molecular flexibility index (Phi) is 8.43. The molecule has 33 heavy (non-hydrogen) atoms. The molecule has 8 nitrogen and oxygen atoms in total. The summed E-state index contributed by atoms with van der Waals surface area (Å²) in [5.41, 5.74) is 4.79. The van der Waals surface area contributed by atoms with Crippen LogP contribution in [0.1, 0.15) is 18.1 Å². The third-order valence-electron chi connectivity index (χ3n) is 5.67. The van der Waals surface area contributed by atoms with Gasteiger partial charge in [0.05, 0.1) is 26.3 Å². The van der Waals surface area contributed by atoms with Crippen molar-refractivity contribution in [3.8, 4) is 11.1 Å². The Balaban J connectivity index is 1.39. The second kappa shape index (κ2) is 12.1. The molecule has 0 amide bonds. The predicted molar refractivity (Wildman–Crippen MR) is 131 cm³/mol. The zero-order valence-corrected chi connectivity index (χ0v) is 19.3. The van der Waals surface area contributed by atoms with Crippen molar-refractivity contribution in [2.75, 3.05) is 45.9 Å². The van der Waals surface area contributed by atoms with Gasteiger partial charge in [0.1, 0.15) is 12.7 Å². The van der Waals surface area contributed by atoms with Gasteiger partial charge in [0, 0.05) is 32.7 Å². The van der Waals surface area contributed by atoms with Gasteiger partial charge in [-0.25, -0.2) is 14.7 Å². The molecule has 0 unspecified atom stereocenters. The van der Waals surface area contributed by atoms with Crippen molar-refractivity contribution in [1.29, 1.82) is 0 Å². The Morgan fingerprint density at radius 1 is 1.06 bits per heavy atom. The van der Waals surface area contributed by atoms with Gasteiger partial charge in [-0.3, -0.25) is 4.90 Å². The highest BCUT2D eigenvalue weighted by Gasteiger charge is 2.10. The second-order valence-corrected chi connectivity index (χ2v) is 8.02. The number of aliphatic imine (C=N–C) groups is 1. The van der Waals surface area contributed by atoms with Crippen molar-refractivity contribution in [3.63, 3.8) is 0 Å². The summed E-state index contributed by atoms with van der Waals surface area (Å²) in [4.78, 5) is 11.3. The third kappa shape index (κ3) is 6.87. The molecule has 1 fully saturated rings. The largest absolute Gasteiger partial charge is 0.379 e. The van der Waals surface area contributed by atoms with Crippen LogP contribution in [0.15, 0.2) is 66.2 Å². The van der Waals surface area contributed by atoms with Crippen LogP contribution in [0.25, 0.3) is 11.1 Å². The minimum Gasteiger partial charge on any atom is -0.379 e. The molecule has 2 aromatic carbocycles. The first-order valence-electron chi connectivity index (χ1n) is 11.6. The van der Waals surface area contributed by atoms with Crippen LogP contribution in [0, 0.1) is 0 Å². The van der Waals surface area contributed by atoms with E-state index in [2.05, 4.69) is 81.1 Å².